The first-order chi connectivity index (χ1) is 9.56. The maximum atomic E-state index is 13.8. The molecule has 0 aromatic heterocycles. The molecule has 1 atom stereocenters. The van der Waals surface area contributed by atoms with E-state index in [9.17, 15) is 9.18 Å². The van der Waals surface area contributed by atoms with Crippen molar-refractivity contribution in [2.45, 2.75) is 44.7 Å². The Balaban J connectivity index is 1.85. The maximum Gasteiger partial charge on any atom is 0.258 e. The third-order valence-electron chi connectivity index (χ3n) is 3.56. The zero-order chi connectivity index (χ0) is 14.5. The van der Waals surface area contributed by atoms with Crippen LogP contribution >= 0.6 is 0 Å². The average molecular weight is 280 g/mol. The second-order valence-corrected chi connectivity index (χ2v) is 5.32. The molecule has 5 heteroatoms. The molecule has 4 nitrogen and oxygen atoms in total. The molecule has 1 amide bonds. The normalized spacial score (nSPS) is 16.9. The van der Waals surface area contributed by atoms with Gasteiger partial charge >= 0.3 is 0 Å². The molecular formula is C15H21FN2O2. The highest BCUT2D eigenvalue weighted by molar-refractivity contribution is 5.77. The van der Waals surface area contributed by atoms with Gasteiger partial charge in [-0.25, -0.2) is 4.39 Å². The van der Waals surface area contributed by atoms with Crippen LogP contribution in [0.15, 0.2) is 18.2 Å². The second-order valence-electron chi connectivity index (χ2n) is 5.32. The van der Waals surface area contributed by atoms with Crippen LogP contribution in [0.3, 0.4) is 0 Å². The average Bonchev–Trinajstić information content (AvgIpc) is 2.90. The molecule has 20 heavy (non-hydrogen) atoms. The van der Waals surface area contributed by atoms with Crippen LogP contribution in [0.1, 0.15) is 44.2 Å². The second kappa shape index (κ2) is 6.70. The summed E-state index contributed by atoms with van der Waals surface area (Å²) in [5, 5.41) is 2.89. The number of carbonyl (C=O) groups excluding carboxylic acids is 1. The molecule has 1 aliphatic rings. The molecule has 1 saturated carbocycles. The number of benzene rings is 1. The van der Waals surface area contributed by atoms with Gasteiger partial charge in [-0.1, -0.05) is 18.9 Å². The summed E-state index contributed by atoms with van der Waals surface area (Å²) in [5.41, 5.74) is 6.37. The number of nitrogens with two attached hydrogens (primary N) is 1. The lowest BCUT2D eigenvalue weighted by molar-refractivity contribution is -0.123. The minimum Gasteiger partial charge on any atom is -0.481 e. The highest BCUT2D eigenvalue weighted by atomic mass is 19.1. The summed E-state index contributed by atoms with van der Waals surface area (Å²) in [6.07, 6.45) is 4.34. The Morgan fingerprint density at radius 1 is 1.50 bits per heavy atom. The number of hydrogen-bond acceptors (Lipinski definition) is 3. The van der Waals surface area contributed by atoms with Gasteiger partial charge in [-0.05, 0) is 37.5 Å². The summed E-state index contributed by atoms with van der Waals surface area (Å²) >= 11 is 0. The van der Waals surface area contributed by atoms with Crippen LogP contribution in [0.25, 0.3) is 0 Å². The molecule has 1 aromatic rings. The number of rotatable bonds is 5. The maximum absolute atomic E-state index is 13.8. The topological polar surface area (TPSA) is 64.3 Å². The first-order valence-corrected chi connectivity index (χ1v) is 7.03. The fourth-order valence-electron chi connectivity index (χ4n) is 2.40. The van der Waals surface area contributed by atoms with Crippen molar-refractivity contribution in [3.63, 3.8) is 0 Å². The van der Waals surface area contributed by atoms with Crippen LogP contribution in [0, 0.1) is 5.82 Å². The van der Waals surface area contributed by atoms with E-state index >= 15 is 0 Å². The first kappa shape index (κ1) is 14.8. The van der Waals surface area contributed by atoms with Crippen molar-refractivity contribution in [3.05, 3.63) is 29.6 Å². The third-order valence-corrected chi connectivity index (χ3v) is 3.56. The van der Waals surface area contributed by atoms with Gasteiger partial charge in [0.15, 0.2) is 18.2 Å². The van der Waals surface area contributed by atoms with E-state index in [0.717, 1.165) is 25.7 Å². The molecule has 0 unspecified atom stereocenters. The van der Waals surface area contributed by atoms with Crippen molar-refractivity contribution < 1.29 is 13.9 Å². The Labute approximate surface area is 118 Å². The van der Waals surface area contributed by atoms with E-state index in [0.29, 0.717) is 5.56 Å². The SMILES string of the molecule is C[C@H](N)c1ccc(OCC(=O)NC2CCCC2)c(F)c1. The molecule has 1 aromatic carbocycles. The molecule has 2 rings (SSSR count). The van der Waals surface area contributed by atoms with Crippen LogP contribution in [-0.4, -0.2) is 18.6 Å². The number of hydrogen-bond donors (Lipinski definition) is 2. The molecule has 0 bridgehead atoms. The highest BCUT2D eigenvalue weighted by Crippen LogP contribution is 2.21. The largest absolute Gasteiger partial charge is 0.481 e. The Kier molecular flexibility index (Phi) is 4.95. The van der Waals surface area contributed by atoms with Gasteiger partial charge in [0.1, 0.15) is 0 Å². The van der Waals surface area contributed by atoms with Crippen LogP contribution in [0.4, 0.5) is 4.39 Å². The lowest BCUT2D eigenvalue weighted by Crippen LogP contribution is -2.36. The van der Waals surface area contributed by atoms with Gasteiger partial charge in [0.05, 0.1) is 0 Å². The number of carbonyl (C=O) groups is 1. The van der Waals surface area contributed by atoms with Crippen molar-refractivity contribution in [2.75, 3.05) is 6.61 Å². The zero-order valence-electron chi connectivity index (χ0n) is 11.7. The summed E-state index contributed by atoms with van der Waals surface area (Å²) in [5.74, 6) is -0.614. The molecule has 0 heterocycles. The van der Waals surface area contributed by atoms with Crippen LogP contribution in [0.2, 0.25) is 0 Å². The molecule has 1 aliphatic carbocycles. The standard InChI is InChI=1S/C15H21FN2O2/c1-10(17)11-6-7-14(13(16)8-11)20-9-15(19)18-12-4-2-3-5-12/h6-8,10,12H,2-5,9,17H2,1H3,(H,18,19)/t10-/m0/s1. The van der Waals surface area contributed by atoms with Crippen LogP contribution < -0.4 is 15.8 Å². The van der Waals surface area contributed by atoms with E-state index in [2.05, 4.69) is 5.32 Å². The van der Waals surface area contributed by atoms with E-state index < -0.39 is 5.82 Å². The first-order valence-electron chi connectivity index (χ1n) is 7.03. The molecule has 0 spiro atoms. The Morgan fingerprint density at radius 2 is 2.20 bits per heavy atom. The summed E-state index contributed by atoms with van der Waals surface area (Å²) in [6.45, 7) is 1.62. The lowest BCUT2D eigenvalue weighted by Gasteiger charge is -2.13. The van der Waals surface area contributed by atoms with Crippen molar-refractivity contribution in [1.82, 2.24) is 5.32 Å². The Hall–Kier alpha value is -1.62. The minimum atomic E-state index is -0.492. The van der Waals surface area contributed by atoms with Gasteiger partial charge in [0, 0.05) is 12.1 Å². The summed E-state index contributed by atoms with van der Waals surface area (Å²) in [7, 11) is 0. The lowest BCUT2D eigenvalue weighted by atomic mass is 10.1. The van der Waals surface area contributed by atoms with Crippen molar-refractivity contribution in [2.24, 2.45) is 5.73 Å². The number of halogens is 1. The predicted molar refractivity (Wildman–Crippen MR) is 74.9 cm³/mol. The summed E-state index contributed by atoms with van der Waals surface area (Å²) < 4.78 is 19.0. The molecular weight excluding hydrogens is 259 g/mol. The summed E-state index contributed by atoms with van der Waals surface area (Å²) in [6, 6.07) is 4.57. The Morgan fingerprint density at radius 3 is 2.80 bits per heavy atom. The van der Waals surface area contributed by atoms with Crippen molar-refractivity contribution >= 4 is 5.91 Å². The number of ether oxygens (including phenoxy) is 1. The van der Waals surface area contributed by atoms with Crippen molar-refractivity contribution in [1.29, 1.82) is 0 Å². The number of nitrogens with one attached hydrogen (secondary N) is 1. The fraction of sp³-hybridized carbons (Fsp3) is 0.533. The van der Waals surface area contributed by atoms with E-state index in [1.165, 1.54) is 12.1 Å². The van der Waals surface area contributed by atoms with Gasteiger partial charge < -0.3 is 15.8 Å². The molecule has 0 radical (unpaired) electrons. The van der Waals surface area contributed by atoms with E-state index in [-0.39, 0.29) is 30.3 Å². The van der Waals surface area contributed by atoms with Crippen LogP contribution in [-0.2, 0) is 4.79 Å². The zero-order valence-corrected chi connectivity index (χ0v) is 11.7. The van der Waals surface area contributed by atoms with E-state index in [4.69, 9.17) is 10.5 Å². The highest BCUT2D eigenvalue weighted by Gasteiger charge is 2.17. The van der Waals surface area contributed by atoms with Crippen LogP contribution in [0.5, 0.6) is 5.75 Å². The molecule has 110 valence electrons. The van der Waals surface area contributed by atoms with Gasteiger partial charge in [0.25, 0.3) is 5.91 Å². The van der Waals surface area contributed by atoms with Crippen molar-refractivity contribution in [3.8, 4) is 5.75 Å². The van der Waals surface area contributed by atoms with Gasteiger partial charge in [-0.2, -0.15) is 0 Å². The quantitative estimate of drug-likeness (QED) is 0.869. The van der Waals surface area contributed by atoms with Gasteiger partial charge in [-0.15, -0.1) is 0 Å². The monoisotopic (exact) mass is 280 g/mol. The molecule has 0 aliphatic heterocycles. The Bertz CT molecular complexity index is 471. The molecule has 0 saturated heterocycles. The van der Waals surface area contributed by atoms with E-state index in [1.54, 1.807) is 13.0 Å². The third kappa shape index (κ3) is 3.93. The molecule has 3 N–H and O–H groups in total. The summed E-state index contributed by atoms with van der Waals surface area (Å²) in [4.78, 5) is 11.7. The predicted octanol–water partition coefficient (Wildman–Crippen LogP) is 2.28. The van der Waals surface area contributed by atoms with Gasteiger partial charge in [-0.3, -0.25) is 4.79 Å². The van der Waals surface area contributed by atoms with E-state index in [1.807, 2.05) is 0 Å². The van der Waals surface area contributed by atoms with Gasteiger partial charge in [0.2, 0.25) is 0 Å². The molecule has 1 fully saturated rings. The smallest absolute Gasteiger partial charge is 0.258 e. The number of amides is 1. The minimum absolute atomic E-state index is 0.0796. The fourth-order valence-corrected chi connectivity index (χ4v) is 2.40.